The molecular weight excluding hydrogens is 228 g/mol. The van der Waals surface area contributed by atoms with Gasteiger partial charge in [-0.3, -0.25) is 9.48 Å². The van der Waals surface area contributed by atoms with Gasteiger partial charge in [0.15, 0.2) is 0 Å². The van der Waals surface area contributed by atoms with Crippen LogP contribution in [0.5, 0.6) is 0 Å². The van der Waals surface area contributed by atoms with E-state index < -0.39 is 0 Å². The zero-order chi connectivity index (χ0) is 13.9. The van der Waals surface area contributed by atoms with E-state index in [2.05, 4.69) is 31.2 Å². The number of carbonyl (C=O) groups is 1. The second-order valence-corrected chi connectivity index (χ2v) is 4.86. The average molecular weight is 252 g/mol. The molecule has 1 aromatic rings. The van der Waals surface area contributed by atoms with Crippen LogP contribution >= 0.6 is 0 Å². The van der Waals surface area contributed by atoms with Crippen molar-refractivity contribution < 1.29 is 4.79 Å². The van der Waals surface area contributed by atoms with Gasteiger partial charge >= 0.3 is 0 Å². The van der Waals surface area contributed by atoms with Gasteiger partial charge in [0.1, 0.15) is 0 Å². The molecule has 0 aromatic carbocycles. The van der Waals surface area contributed by atoms with Crippen LogP contribution < -0.4 is 11.1 Å². The van der Waals surface area contributed by atoms with Crippen molar-refractivity contribution in [1.82, 2.24) is 15.1 Å². The van der Waals surface area contributed by atoms with E-state index in [1.165, 1.54) is 11.3 Å². The number of aryl methyl sites for hydroxylation is 2. The van der Waals surface area contributed by atoms with Crippen molar-refractivity contribution in [3.8, 4) is 0 Å². The Labute approximate surface area is 109 Å². The van der Waals surface area contributed by atoms with Crippen LogP contribution in [0.15, 0.2) is 0 Å². The first-order chi connectivity index (χ1) is 8.36. The quantitative estimate of drug-likeness (QED) is 0.804. The minimum Gasteiger partial charge on any atom is -0.370 e. The summed E-state index contributed by atoms with van der Waals surface area (Å²) in [5.74, 6) is -0.278. The molecular formula is C13H24N4O. The highest BCUT2D eigenvalue weighted by atomic mass is 16.1. The lowest BCUT2D eigenvalue weighted by Gasteiger charge is -2.19. The van der Waals surface area contributed by atoms with Crippen molar-refractivity contribution in [3.63, 3.8) is 0 Å². The molecule has 1 aromatic heterocycles. The summed E-state index contributed by atoms with van der Waals surface area (Å²) in [6.07, 6.45) is 0.352. The summed E-state index contributed by atoms with van der Waals surface area (Å²) in [7, 11) is 0. The summed E-state index contributed by atoms with van der Waals surface area (Å²) in [5, 5.41) is 7.90. The van der Waals surface area contributed by atoms with E-state index in [0.717, 1.165) is 12.2 Å². The molecule has 0 aliphatic rings. The molecule has 5 heteroatoms. The van der Waals surface area contributed by atoms with E-state index in [1.807, 2.05) is 18.5 Å². The number of nitrogens with zero attached hydrogens (tertiary/aromatic N) is 2. The smallest absolute Gasteiger partial charge is 0.218 e. The Hall–Kier alpha value is -1.36. The monoisotopic (exact) mass is 252 g/mol. The molecule has 1 heterocycles. The number of carbonyl (C=O) groups excluding carboxylic acids is 1. The van der Waals surface area contributed by atoms with Crippen molar-refractivity contribution in [2.24, 2.45) is 5.73 Å². The fraction of sp³-hybridized carbons (Fsp3) is 0.692. The molecule has 0 aliphatic carbocycles. The van der Waals surface area contributed by atoms with Gasteiger partial charge in [-0.25, -0.2) is 0 Å². The minimum atomic E-state index is -0.278. The highest BCUT2D eigenvalue weighted by Crippen LogP contribution is 2.21. The van der Waals surface area contributed by atoms with Gasteiger partial charge in [0.2, 0.25) is 5.91 Å². The molecule has 0 bridgehead atoms. The Morgan fingerprint density at radius 1 is 1.44 bits per heavy atom. The number of nitrogens with one attached hydrogen (secondary N) is 1. The van der Waals surface area contributed by atoms with Crippen LogP contribution in [0.4, 0.5) is 0 Å². The predicted molar refractivity (Wildman–Crippen MR) is 72.2 cm³/mol. The van der Waals surface area contributed by atoms with E-state index in [0.29, 0.717) is 6.42 Å². The van der Waals surface area contributed by atoms with Gasteiger partial charge < -0.3 is 11.1 Å². The molecule has 0 saturated heterocycles. The Bertz CT molecular complexity index is 425. The summed E-state index contributed by atoms with van der Waals surface area (Å²) in [4.78, 5) is 10.9. The van der Waals surface area contributed by atoms with Crippen molar-refractivity contribution >= 4 is 5.91 Å². The molecule has 5 nitrogen and oxygen atoms in total. The van der Waals surface area contributed by atoms with Crippen LogP contribution in [-0.2, 0) is 11.3 Å². The second-order valence-electron chi connectivity index (χ2n) is 4.86. The van der Waals surface area contributed by atoms with Crippen LogP contribution in [0, 0.1) is 13.8 Å². The van der Waals surface area contributed by atoms with Crippen LogP contribution in [0.2, 0.25) is 0 Å². The molecule has 18 heavy (non-hydrogen) atoms. The Kier molecular flexibility index (Phi) is 4.90. The molecule has 0 aliphatic heterocycles. The third-order valence-electron chi connectivity index (χ3n) is 3.21. The highest BCUT2D eigenvalue weighted by Gasteiger charge is 2.18. The van der Waals surface area contributed by atoms with Crippen LogP contribution in [0.1, 0.15) is 50.2 Å². The number of rotatable bonds is 6. The van der Waals surface area contributed by atoms with Gasteiger partial charge in [-0.2, -0.15) is 5.10 Å². The Balaban J connectivity index is 2.81. The highest BCUT2D eigenvalue weighted by molar-refractivity contribution is 5.74. The lowest BCUT2D eigenvalue weighted by atomic mass is 10.0. The lowest BCUT2D eigenvalue weighted by Crippen LogP contribution is -2.33. The van der Waals surface area contributed by atoms with Gasteiger partial charge in [-0.15, -0.1) is 0 Å². The van der Waals surface area contributed by atoms with Crippen molar-refractivity contribution in [2.75, 3.05) is 0 Å². The topological polar surface area (TPSA) is 72.9 Å². The normalized spacial score (nSPS) is 14.5. The van der Waals surface area contributed by atoms with Crippen LogP contribution in [-0.4, -0.2) is 21.7 Å². The summed E-state index contributed by atoms with van der Waals surface area (Å²) in [6, 6.07) is 0.237. The number of primary amides is 1. The molecule has 0 spiro atoms. The van der Waals surface area contributed by atoms with Crippen molar-refractivity contribution in [3.05, 3.63) is 17.0 Å². The fourth-order valence-corrected chi connectivity index (χ4v) is 2.52. The molecule has 0 radical (unpaired) electrons. The lowest BCUT2D eigenvalue weighted by molar-refractivity contribution is -0.118. The zero-order valence-electron chi connectivity index (χ0n) is 11.9. The maximum atomic E-state index is 10.9. The SMILES string of the molecule is CCn1nc(C)c(C(C)NC(C)CC(N)=O)c1C. The Morgan fingerprint density at radius 2 is 2.06 bits per heavy atom. The van der Waals surface area contributed by atoms with Gasteiger partial charge in [-0.05, 0) is 34.6 Å². The largest absolute Gasteiger partial charge is 0.370 e. The van der Waals surface area contributed by atoms with Crippen molar-refractivity contribution in [1.29, 1.82) is 0 Å². The second kappa shape index (κ2) is 6.00. The summed E-state index contributed by atoms with van der Waals surface area (Å²) < 4.78 is 2.00. The molecule has 2 unspecified atom stereocenters. The van der Waals surface area contributed by atoms with Crippen LogP contribution in [0.3, 0.4) is 0 Å². The number of amides is 1. The number of hydrogen-bond donors (Lipinski definition) is 2. The summed E-state index contributed by atoms with van der Waals surface area (Å²) in [6.45, 7) is 11.1. The maximum absolute atomic E-state index is 10.9. The van der Waals surface area contributed by atoms with Gasteiger partial charge in [0.05, 0.1) is 5.69 Å². The number of nitrogens with two attached hydrogens (primary N) is 1. The molecule has 0 fully saturated rings. The number of hydrogen-bond acceptors (Lipinski definition) is 3. The van der Waals surface area contributed by atoms with E-state index in [1.54, 1.807) is 0 Å². The van der Waals surface area contributed by atoms with E-state index in [9.17, 15) is 4.79 Å². The first kappa shape index (κ1) is 14.7. The third-order valence-corrected chi connectivity index (χ3v) is 3.21. The zero-order valence-corrected chi connectivity index (χ0v) is 11.9. The summed E-state index contributed by atoms with van der Waals surface area (Å²) >= 11 is 0. The first-order valence-electron chi connectivity index (χ1n) is 6.45. The number of aromatic nitrogens is 2. The van der Waals surface area contributed by atoms with Crippen LogP contribution in [0.25, 0.3) is 0 Å². The van der Waals surface area contributed by atoms with E-state index in [4.69, 9.17) is 5.73 Å². The minimum absolute atomic E-state index is 0.0706. The predicted octanol–water partition coefficient (Wildman–Crippen LogP) is 1.43. The summed E-state index contributed by atoms with van der Waals surface area (Å²) in [5.41, 5.74) is 8.64. The average Bonchev–Trinajstić information content (AvgIpc) is 2.52. The molecule has 1 amide bonds. The standard InChI is InChI=1S/C13H24N4O/c1-6-17-11(5)13(10(4)16-17)9(3)15-8(2)7-12(14)18/h8-9,15H,6-7H2,1-5H3,(H2,14,18). The first-order valence-corrected chi connectivity index (χ1v) is 6.45. The van der Waals surface area contributed by atoms with Gasteiger partial charge in [-0.1, -0.05) is 0 Å². The Morgan fingerprint density at radius 3 is 2.50 bits per heavy atom. The van der Waals surface area contributed by atoms with Gasteiger partial charge in [0, 0.05) is 36.3 Å². The van der Waals surface area contributed by atoms with Gasteiger partial charge in [0.25, 0.3) is 0 Å². The maximum Gasteiger partial charge on any atom is 0.218 e. The molecule has 2 atom stereocenters. The molecule has 3 N–H and O–H groups in total. The molecule has 0 saturated carbocycles. The van der Waals surface area contributed by atoms with E-state index in [-0.39, 0.29) is 18.0 Å². The van der Waals surface area contributed by atoms with E-state index >= 15 is 0 Å². The molecule has 1 rings (SSSR count). The molecule has 102 valence electrons. The fourth-order valence-electron chi connectivity index (χ4n) is 2.52. The van der Waals surface area contributed by atoms with Crippen molar-refractivity contribution in [2.45, 2.75) is 59.7 Å². The third kappa shape index (κ3) is 3.32.